The molecule has 2 aromatic carbocycles. The highest BCUT2D eigenvalue weighted by atomic mass is 35.5. The molecule has 1 N–H and O–H groups in total. The molecular weight excluding hydrogens is 468 g/mol. The van der Waals surface area contributed by atoms with Crippen LogP contribution >= 0.6 is 11.6 Å². The number of anilines is 1. The Morgan fingerprint density at radius 2 is 1.79 bits per heavy atom. The first-order valence-electron chi connectivity index (χ1n) is 10.6. The lowest BCUT2D eigenvalue weighted by molar-refractivity contribution is -0.119. The van der Waals surface area contributed by atoms with Gasteiger partial charge in [-0.1, -0.05) is 30.5 Å². The summed E-state index contributed by atoms with van der Waals surface area (Å²) in [6.07, 6.45) is 3.63. The highest BCUT2D eigenvalue weighted by molar-refractivity contribution is 7.89. The Hall–Kier alpha value is -2.62. The number of methoxy groups -OCH3 is 1. The second-order valence-electron chi connectivity index (χ2n) is 7.77. The summed E-state index contributed by atoms with van der Waals surface area (Å²) in [5.41, 5.74) is 1.19. The second-order valence-corrected chi connectivity index (χ2v) is 10.1. The number of amides is 1. The second kappa shape index (κ2) is 11.0. The van der Waals surface area contributed by atoms with Crippen LogP contribution in [0.25, 0.3) is 0 Å². The van der Waals surface area contributed by atoms with Crippen LogP contribution in [-0.2, 0) is 19.6 Å². The maximum Gasteiger partial charge on any atom is 0.338 e. The molecule has 33 heavy (non-hydrogen) atoms. The van der Waals surface area contributed by atoms with Crippen LogP contribution in [0.4, 0.5) is 5.69 Å². The van der Waals surface area contributed by atoms with E-state index in [1.807, 2.05) is 0 Å². The van der Waals surface area contributed by atoms with Gasteiger partial charge in [0.25, 0.3) is 5.91 Å². The van der Waals surface area contributed by atoms with Crippen LogP contribution in [-0.4, -0.2) is 51.4 Å². The monoisotopic (exact) mass is 494 g/mol. The van der Waals surface area contributed by atoms with E-state index in [9.17, 15) is 18.0 Å². The third kappa shape index (κ3) is 6.25. The van der Waals surface area contributed by atoms with Crippen molar-refractivity contribution in [2.24, 2.45) is 0 Å². The van der Waals surface area contributed by atoms with E-state index in [1.54, 1.807) is 19.1 Å². The molecule has 1 heterocycles. The molecule has 0 unspecified atom stereocenters. The minimum atomic E-state index is -3.71. The largest absolute Gasteiger partial charge is 0.495 e. The summed E-state index contributed by atoms with van der Waals surface area (Å²) in [6.45, 7) is 2.16. The summed E-state index contributed by atoms with van der Waals surface area (Å²) in [6, 6.07) is 8.91. The summed E-state index contributed by atoms with van der Waals surface area (Å²) in [5.74, 6) is -0.995. The minimum Gasteiger partial charge on any atom is -0.495 e. The van der Waals surface area contributed by atoms with Crippen LogP contribution in [0.1, 0.15) is 41.6 Å². The standard InChI is InChI=1S/C23H27ClN2O6S/c1-16-12-20(21(31-2)14-19(16)24)25-22(27)15-32-23(28)17-8-7-9-18(13-17)33(29,30)26-10-5-3-4-6-11-26/h7-9,12-14H,3-6,10-11,15H2,1-2H3,(H,25,27). The van der Waals surface area contributed by atoms with E-state index in [2.05, 4.69) is 5.32 Å². The third-order valence-corrected chi connectivity index (χ3v) is 7.66. The van der Waals surface area contributed by atoms with E-state index in [4.69, 9.17) is 21.1 Å². The summed E-state index contributed by atoms with van der Waals surface area (Å²) in [4.78, 5) is 24.8. The van der Waals surface area contributed by atoms with Crippen LogP contribution in [0.2, 0.25) is 5.02 Å². The Kier molecular flexibility index (Phi) is 8.34. The van der Waals surface area contributed by atoms with Crippen molar-refractivity contribution in [2.45, 2.75) is 37.5 Å². The number of halogens is 1. The maximum absolute atomic E-state index is 13.0. The summed E-state index contributed by atoms with van der Waals surface area (Å²) in [7, 11) is -2.26. The summed E-state index contributed by atoms with van der Waals surface area (Å²) in [5, 5.41) is 3.11. The molecule has 1 aliphatic rings. The van der Waals surface area contributed by atoms with E-state index in [0.29, 0.717) is 29.5 Å². The first-order valence-corrected chi connectivity index (χ1v) is 12.5. The van der Waals surface area contributed by atoms with E-state index in [-0.39, 0.29) is 10.5 Å². The molecule has 1 amide bonds. The molecule has 178 valence electrons. The first kappa shape index (κ1) is 25.0. The Morgan fingerprint density at radius 1 is 1.09 bits per heavy atom. The van der Waals surface area contributed by atoms with E-state index in [1.165, 1.54) is 35.7 Å². The number of esters is 1. The van der Waals surface area contributed by atoms with Gasteiger partial charge in [0.1, 0.15) is 5.75 Å². The number of carbonyl (C=O) groups excluding carboxylic acids is 2. The van der Waals surface area contributed by atoms with Gasteiger partial charge in [-0.3, -0.25) is 4.79 Å². The van der Waals surface area contributed by atoms with Crippen molar-refractivity contribution in [3.8, 4) is 5.75 Å². The fourth-order valence-electron chi connectivity index (χ4n) is 3.55. The quantitative estimate of drug-likeness (QED) is 0.583. The first-order chi connectivity index (χ1) is 15.7. The molecule has 0 aliphatic carbocycles. The highest BCUT2D eigenvalue weighted by Crippen LogP contribution is 2.31. The van der Waals surface area contributed by atoms with Crippen LogP contribution < -0.4 is 10.1 Å². The van der Waals surface area contributed by atoms with Crippen molar-refractivity contribution in [1.29, 1.82) is 0 Å². The lowest BCUT2D eigenvalue weighted by atomic mass is 10.2. The molecule has 0 spiro atoms. The molecule has 0 bridgehead atoms. The molecule has 1 aliphatic heterocycles. The fourth-order valence-corrected chi connectivity index (χ4v) is 5.26. The zero-order valence-electron chi connectivity index (χ0n) is 18.6. The predicted octanol–water partition coefficient (Wildman–Crippen LogP) is 4.02. The van der Waals surface area contributed by atoms with Crippen LogP contribution in [0, 0.1) is 6.92 Å². The van der Waals surface area contributed by atoms with Gasteiger partial charge in [0, 0.05) is 24.2 Å². The number of hydrogen-bond acceptors (Lipinski definition) is 6. The van der Waals surface area contributed by atoms with Crippen molar-refractivity contribution in [3.63, 3.8) is 0 Å². The number of rotatable bonds is 7. The Morgan fingerprint density at radius 3 is 2.45 bits per heavy atom. The van der Waals surface area contributed by atoms with Crippen molar-refractivity contribution < 1.29 is 27.5 Å². The molecule has 0 aromatic heterocycles. The van der Waals surface area contributed by atoms with Gasteiger partial charge in [-0.2, -0.15) is 4.31 Å². The number of nitrogens with one attached hydrogen (secondary N) is 1. The van der Waals surface area contributed by atoms with Gasteiger partial charge in [-0.25, -0.2) is 13.2 Å². The molecule has 2 aromatic rings. The highest BCUT2D eigenvalue weighted by Gasteiger charge is 2.26. The average Bonchev–Trinajstić information content (AvgIpc) is 3.10. The van der Waals surface area contributed by atoms with Crippen LogP contribution in [0.3, 0.4) is 0 Å². The third-order valence-electron chi connectivity index (χ3n) is 5.36. The van der Waals surface area contributed by atoms with Crippen molar-refractivity contribution in [3.05, 3.63) is 52.5 Å². The van der Waals surface area contributed by atoms with Crippen molar-refractivity contribution >= 4 is 39.2 Å². The fraction of sp³-hybridized carbons (Fsp3) is 0.391. The van der Waals surface area contributed by atoms with Gasteiger partial charge < -0.3 is 14.8 Å². The Balaban J connectivity index is 1.65. The van der Waals surface area contributed by atoms with Crippen LogP contribution in [0.15, 0.2) is 41.3 Å². The molecule has 8 nitrogen and oxygen atoms in total. The molecular formula is C23H27ClN2O6S. The Bertz CT molecular complexity index is 1130. The molecule has 3 rings (SSSR count). The number of benzene rings is 2. The molecule has 0 saturated carbocycles. The van der Waals surface area contributed by atoms with Crippen molar-refractivity contribution in [1.82, 2.24) is 4.31 Å². The lowest BCUT2D eigenvalue weighted by Crippen LogP contribution is -2.32. The number of sulfonamides is 1. The average molecular weight is 495 g/mol. The lowest BCUT2D eigenvalue weighted by Gasteiger charge is -2.20. The van der Waals surface area contributed by atoms with E-state index in [0.717, 1.165) is 31.2 Å². The van der Waals surface area contributed by atoms with E-state index < -0.39 is 28.5 Å². The number of carbonyl (C=O) groups is 2. The Labute approximate surface area is 198 Å². The predicted molar refractivity (Wildman–Crippen MR) is 125 cm³/mol. The van der Waals surface area contributed by atoms with Crippen LogP contribution in [0.5, 0.6) is 5.75 Å². The molecule has 0 radical (unpaired) electrons. The molecule has 1 saturated heterocycles. The molecule has 10 heteroatoms. The van der Waals surface area contributed by atoms with Gasteiger partial charge in [0.15, 0.2) is 6.61 Å². The topological polar surface area (TPSA) is 102 Å². The number of aryl methyl sites for hydroxylation is 1. The molecule has 0 atom stereocenters. The zero-order valence-corrected chi connectivity index (χ0v) is 20.2. The minimum absolute atomic E-state index is 0.0321. The van der Waals surface area contributed by atoms with E-state index >= 15 is 0 Å². The maximum atomic E-state index is 13.0. The number of hydrogen-bond donors (Lipinski definition) is 1. The number of nitrogens with zero attached hydrogens (tertiary/aromatic N) is 1. The zero-order chi connectivity index (χ0) is 24.0. The summed E-state index contributed by atoms with van der Waals surface area (Å²) >= 11 is 6.07. The molecule has 1 fully saturated rings. The normalized spacial score (nSPS) is 14.9. The van der Waals surface area contributed by atoms with Crippen molar-refractivity contribution in [2.75, 3.05) is 32.1 Å². The SMILES string of the molecule is COc1cc(Cl)c(C)cc1NC(=O)COC(=O)c1cccc(S(=O)(=O)N2CCCCCC2)c1. The van der Waals surface area contributed by atoms with Gasteiger partial charge in [0.05, 0.1) is 23.3 Å². The van der Waals surface area contributed by atoms with Gasteiger partial charge >= 0.3 is 5.97 Å². The number of ether oxygens (including phenoxy) is 2. The van der Waals surface area contributed by atoms with Gasteiger partial charge in [-0.05, 0) is 49.6 Å². The summed E-state index contributed by atoms with van der Waals surface area (Å²) < 4.78 is 37.7. The van der Waals surface area contributed by atoms with Gasteiger partial charge in [-0.15, -0.1) is 0 Å². The van der Waals surface area contributed by atoms with Gasteiger partial charge in [0.2, 0.25) is 10.0 Å². The smallest absolute Gasteiger partial charge is 0.338 e.